The topological polar surface area (TPSA) is 80.6 Å². The summed E-state index contributed by atoms with van der Waals surface area (Å²) in [6.07, 6.45) is 4.80. The maximum Gasteiger partial charge on any atom is 0.410 e. The summed E-state index contributed by atoms with van der Waals surface area (Å²) >= 11 is 0. The van der Waals surface area contributed by atoms with Crippen molar-refractivity contribution in [3.63, 3.8) is 0 Å². The van der Waals surface area contributed by atoms with Gasteiger partial charge < -0.3 is 14.5 Å². The number of piperazine rings is 1. The number of para-hydroxylation sites is 1. The van der Waals surface area contributed by atoms with Gasteiger partial charge in [-0.05, 0) is 32.9 Å². The minimum absolute atomic E-state index is 0.0651. The van der Waals surface area contributed by atoms with Crippen LogP contribution in [-0.2, 0) is 4.74 Å². The highest BCUT2D eigenvalue weighted by atomic mass is 16.6. The summed E-state index contributed by atoms with van der Waals surface area (Å²) in [5, 5.41) is 0.851. The average molecular weight is 407 g/mol. The molecule has 0 radical (unpaired) electrons. The van der Waals surface area contributed by atoms with Crippen molar-refractivity contribution in [2.24, 2.45) is 0 Å². The van der Waals surface area contributed by atoms with E-state index in [1.165, 1.54) is 0 Å². The van der Waals surface area contributed by atoms with Crippen LogP contribution in [0.25, 0.3) is 16.9 Å². The molecule has 0 spiro atoms. The van der Waals surface area contributed by atoms with E-state index in [0.717, 1.165) is 10.9 Å². The van der Waals surface area contributed by atoms with E-state index in [2.05, 4.69) is 9.97 Å². The fourth-order valence-electron chi connectivity index (χ4n) is 3.52. The zero-order valence-corrected chi connectivity index (χ0v) is 17.4. The molecule has 1 saturated heterocycles. The number of hydrogen-bond donors (Lipinski definition) is 0. The smallest absolute Gasteiger partial charge is 0.410 e. The highest BCUT2D eigenvalue weighted by Gasteiger charge is 2.29. The summed E-state index contributed by atoms with van der Waals surface area (Å²) in [5.74, 6) is 0.451. The molecule has 8 heteroatoms. The molecule has 3 heterocycles. The maximum absolute atomic E-state index is 13.3. The van der Waals surface area contributed by atoms with Gasteiger partial charge in [0.15, 0.2) is 0 Å². The second kappa shape index (κ2) is 7.78. The van der Waals surface area contributed by atoms with Crippen molar-refractivity contribution in [1.82, 2.24) is 24.3 Å². The molecule has 0 N–H and O–H groups in total. The predicted molar refractivity (Wildman–Crippen MR) is 113 cm³/mol. The summed E-state index contributed by atoms with van der Waals surface area (Å²) < 4.78 is 7.27. The molecule has 8 nitrogen and oxygen atoms in total. The van der Waals surface area contributed by atoms with Crippen LogP contribution in [0.3, 0.4) is 0 Å². The molecular formula is C22H25N5O3. The number of ether oxygens (including phenoxy) is 1. The summed E-state index contributed by atoms with van der Waals surface area (Å²) in [7, 11) is 0. The molecule has 0 unspecified atom stereocenters. The lowest BCUT2D eigenvalue weighted by atomic mass is 10.1. The molecule has 4 rings (SSSR count). The van der Waals surface area contributed by atoms with Gasteiger partial charge in [0.2, 0.25) is 5.95 Å². The van der Waals surface area contributed by atoms with E-state index in [0.29, 0.717) is 37.7 Å². The van der Waals surface area contributed by atoms with Crippen LogP contribution in [0.4, 0.5) is 4.79 Å². The Labute approximate surface area is 175 Å². The van der Waals surface area contributed by atoms with Crippen LogP contribution in [0.1, 0.15) is 31.1 Å². The monoisotopic (exact) mass is 407 g/mol. The Morgan fingerprint density at radius 2 is 1.57 bits per heavy atom. The lowest BCUT2D eigenvalue weighted by molar-refractivity contribution is 0.0141. The van der Waals surface area contributed by atoms with Crippen molar-refractivity contribution in [2.45, 2.75) is 26.4 Å². The van der Waals surface area contributed by atoms with Crippen LogP contribution in [0.2, 0.25) is 0 Å². The number of fused-ring (bicyclic) bond motifs is 1. The molecule has 0 saturated carbocycles. The third-order valence-corrected chi connectivity index (χ3v) is 4.93. The molecule has 1 aliphatic heterocycles. The van der Waals surface area contributed by atoms with Crippen molar-refractivity contribution in [2.75, 3.05) is 26.2 Å². The fraction of sp³-hybridized carbons (Fsp3) is 0.364. The largest absolute Gasteiger partial charge is 0.444 e. The molecule has 0 bridgehead atoms. The number of carbonyl (C=O) groups is 2. The van der Waals surface area contributed by atoms with Gasteiger partial charge in [-0.1, -0.05) is 18.2 Å². The van der Waals surface area contributed by atoms with Gasteiger partial charge in [-0.2, -0.15) is 0 Å². The highest BCUT2D eigenvalue weighted by molar-refractivity contribution is 6.07. The molecule has 2 aromatic heterocycles. The number of aromatic nitrogens is 3. The predicted octanol–water partition coefficient (Wildman–Crippen LogP) is 3.11. The SMILES string of the molecule is CC(C)(C)OC(=O)N1CCN(C(=O)c2cn(-c3ncccn3)c3ccccc23)CC1. The molecule has 0 atom stereocenters. The standard InChI is InChI=1S/C22H25N5O3/c1-22(2,3)30-21(29)26-13-11-25(12-14-26)19(28)17-15-27(20-23-9-6-10-24-20)18-8-5-4-7-16(17)18/h4-10,15H,11-14H2,1-3H3. The highest BCUT2D eigenvalue weighted by Crippen LogP contribution is 2.25. The van der Waals surface area contributed by atoms with Gasteiger partial charge in [0.05, 0.1) is 11.1 Å². The first-order valence-electron chi connectivity index (χ1n) is 9.98. The zero-order valence-electron chi connectivity index (χ0n) is 17.4. The first kappa shape index (κ1) is 19.9. The van der Waals surface area contributed by atoms with Crippen LogP contribution in [-0.4, -0.2) is 68.1 Å². The Kier molecular flexibility index (Phi) is 5.15. The average Bonchev–Trinajstić information content (AvgIpc) is 3.12. The van der Waals surface area contributed by atoms with Crippen molar-refractivity contribution < 1.29 is 14.3 Å². The number of carbonyl (C=O) groups excluding carboxylic acids is 2. The van der Waals surface area contributed by atoms with Gasteiger partial charge >= 0.3 is 6.09 Å². The fourth-order valence-corrected chi connectivity index (χ4v) is 3.52. The Hall–Kier alpha value is -3.42. The number of amides is 2. The van der Waals surface area contributed by atoms with Gasteiger partial charge in [0.25, 0.3) is 5.91 Å². The summed E-state index contributed by atoms with van der Waals surface area (Å²) in [6, 6.07) is 9.47. The van der Waals surface area contributed by atoms with E-state index >= 15 is 0 Å². The van der Waals surface area contributed by atoms with E-state index in [4.69, 9.17) is 4.74 Å². The Balaban J connectivity index is 1.54. The minimum Gasteiger partial charge on any atom is -0.444 e. The minimum atomic E-state index is -0.536. The quantitative estimate of drug-likeness (QED) is 0.652. The van der Waals surface area contributed by atoms with Gasteiger partial charge in [-0.15, -0.1) is 0 Å². The van der Waals surface area contributed by atoms with Crippen LogP contribution in [0.5, 0.6) is 0 Å². The molecule has 1 fully saturated rings. The van der Waals surface area contributed by atoms with Crippen LogP contribution >= 0.6 is 0 Å². The van der Waals surface area contributed by atoms with Gasteiger partial charge in [-0.3, -0.25) is 9.36 Å². The molecule has 3 aromatic rings. The van der Waals surface area contributed by atoms with E-state index in [1.807, 2.05) is 49.6 Å². The van der Waals surface area contributed by atoms with E-state index in [9.17, 15) is 9.59 Å². The van der Waals surface area contributed by atoms with Crippen molar-refractivity contribution >= 4 is 22.9 Å². The van der Waals surface area contributed by atoms with E-state index in [-0.39, 0.29) is 12.0 Å². The van der Waals surface area contributed by atoms with Gasteiger partial charge in [0, 0.05) is 50.2 Å². The van der Waals surface area contributed by atoms with E-state index < -0.39 is 5.60 Å². The summed E-state index contributed by atoms with van der Waals surface area (Å²) in [5.41, 5.74) is 0.939. The third-order valence-electron chi connectivity index (χ3n) is 4.93. The Morgan fingerprint density at radius 1 is 0.933 bits per heavy atom. The zero-order chi connectivity index (χ0) is 21.3. The molecule has 1 aromatic carbocycles. The number of rotatable bonds is 2. The van der Waals surface area contributed by atoms with E-state index in [1.54, 1.807) is 34.5 Å². The lowest BCUT2D eigenvalue weighted by Crippen LogP contribution is -2.51. The normalized spacial score (nSPS) is 14.8. The second-order valence-corrected chi connectivity index (χ2v) is 8.24. The third kappa shape index (κ3) is 3.98. The Bertz CT molecular complexity index is 1060. The van der Waals surface area contributed by atoms with Crippen LogP contribution in [0, 0.1) is 0 Å². The van der Waals surface area contributed by atoms with Gasteiger partial charge in [-0.25, -0.2) is 14.8 Å². The number of benzene rings is 1. The number of hydrogen-bond acceptors (Lipinski definition) is 5. The maximum atomic E-state index is 13.3. The second-order valence-electron chi connectivity index (χ2n) is 8.24. The molecule has 30 heavy (non-hydrogen) atoms. The van der Waals surface area contributed by atoms with Crippen molar-refractivity contribution in [1.29, 1.82) is 0 Å². The molecule has 1 aliphatic rings. The molecule has 156 valence electrons. The van der Waals surface area contributed by atoms with Crippen molar-refractivity contribution in [3.05, 3.63) is 54.5 Å². The van der Waals surface area contributed by atoms with Gasteiger partial charge in [0.1, 0.15) is 5.60 Å². The summed E-state index contributed by atoms with van der Waals surface area (Å²) in [4.78, 5) is 37.6. The summed E-state index contributed by atoms with van der Waals surface area (Å²) in [6.45, 7) is 7.34. The van der Waals surface area contributed by atoms with Crippen LogP contribution in [0.15, 0.2) is 48.9 Å². The van der Waals surface area contributed by atoms with Crippen LogP contribution < -0.4 is 0 Å². The van der Waals surface area contributed by atoms with Crippen molar-refractivity contribution in [3.8, 4) is 5.95 Å². The molecule has 0 aliphatic carbocycles. The molecule has 2 amide bonds. The lowest BCUT2D eigenvalue weighted by Gasteiger charge is -2.35. The first-order valence-corrected chi connectivity index (χ1v) is 9.98. The first-order chi connectivity index (χ1) is 14.3. The number of nitrogens with zero attached hydrogens (tertiary/aromatic N) is 5. The molecular weight excluding hydrogens is 382 g/mol. The Morgan fingerprint density at radius 3 is 2.23 bits per heavy atom.